The van der Waals surface area contributed by atoms with E-state index in [1.807, 2.05) is 31.6 Å². The highest BCUT2D eigenvalue weighted by molar-refractivity contribution is 5.86. The van der Waals surface area contributed by atoms with Crippen molar-refractivity contribution in [2.75, 3.05) is 18.4 Å². The van der Waals surface area contributed by atoms with Gasteiger partial charge in [0.1, 0.15) is 17.7 Å². The minimum absolute atomic E-state index is 0.0809. The van der Waals surface area contributed by atoms with Crippen LogP contribution in [-0.2, 0) is 10.3 Å². The summed E-state index contributed by atoms with van der Waals surface area (Å²) in [5, 5.41) is 8.93. The maximum atomic E-state index is 12.5. The number of carbonyl (C=O) groups excluding carboxylic acids is 1. The zero-order valence-electron chi connectivity index (χ0n) is 18.0. The molecule has 1 saturated heterocycles. The smallest absolute Gasteiger partial charge is 0.410 e. The first-order valence-electron chi connectivity index (χ1n) is 9.89. The number of anilines is 1. The summed E-state index contributed by atoms with van der Waals surface area (Å²) in [7, 11) is 0. The molecule has 0 bridgehead atoms. The third-order valence-electron chi connectivity index (χ3n) is 4.93. The van der Waals surface area contributed by atoms with E-state index < -0.39 is 5.60 Å². The Kier molecular flexibility index (Phi) is 5.25. The van der Waals surface area contributed by atoms with E-state index in [4.69, 9.17) is 4.74 Å². The van der Waals surface area contributed by atoms with Gasteiger partial charge >= 0.3 is 6.09 Å². The highest BCUT2D eigenvalue weighted by Crippen LogP contribution is 2.27. The number of ether oxygens (including phenoxy) is 1. The molecule has 28 heavy (non-hydrogen) atoms. The zero-order valence-corrected chi connectivity index (χ0v) is 18.0. The van der Waals surface area contributed by atoms with E-state index in [1.54, 1.807) is 11.2 Å². The average molecular weight is 389 g/mol. The van der Waals surface area contributed by atoms with Crippen LogP contribution in [0.2, 0.25) is 0 Å². The van der Waals surface area contributed by atoms with Crippen LogP contribution in [-0.4, -0.2) is 55.5 Å². The van der Waals surface area contributed by atoms with Crippen molar-refractivity contribution >= 4 is 22.9 Å². The van der Waals surface area contributed by atoms with Gasteiger partial charge in [-0.2, -0.15) is 5.10 Å². The summed E-state index contributed by atoms with van der Waals surface area (Å²) in [6.07, 6.45) is 4.02. The maximum absolute atomic E-state index is 12.5. The lowest BCUT2D eigenvalue weighted by Gasteiger charge is -2.38. The molecule has 0 saturated carbocycles. The van der Waals surface area contributed by atoms with Crippen molar-refractivity contribution in [1.82, 2.24) is 24.6 Å². The summed E-state index contributed by atoms with van der Waals surface area (Å²) in [4.78, 5) is 23.1. The van der Waals surface area contributed by atoms with E-state index in [0.29, 0.717) is 19.0 Å². The number of hydrogen-bond acceptors (Lipinski definition) is 6. The molecule has 3 rings (SSSR count). The first kappa shape index (κ1) is 20.4. The maximum Gasteiger partial charge on any atom is 0.410 e. The second-order valence-electron chi connectivity index (χ2n) is 9.63. The number of carbonyl (C=O) groups is 1. The van der Waals surface area contributed by atoms with Crippen LogP contribution in [0.3, 0.4) is 0 Å². The third-order valence-corrected chi connectivity index (χ3v) is 4.93. The van der Waals surface area contributed by atoms with E-state index in [-0.39, 0.29) is 17.7 Å². The van der Waals surface area contributed by atoms with E-state index in [0.717, 1.165) is 23.3 Å². The van der Waals surface area contributed by atoms with Crippen molar-refractivity contribution in [3.05, 3.63) is 12.5 Å². The number of nitrogens with one attached hydrogen (secondary N) is 1. The van der Waals surface area contributed by atoms with Crippen LogP contribution in [0.4, 0.5) is 10.6 Å². The van der Waals surface area contributed by atoms with Crippen molar-refractivity contribution in [2.45, 2.75) is 72.1 Å². The third kappa shape index (κ3) is 4.36. The molecule has 3 heterocycles. The summed E-state index contributed by atoms with van der Waals surface area (Å²) in [6.45, 7) is 15.4. The highest BCUT2D eigenvalue weighted by atomic mass is 16.6. The fraction of sp³-hybridized carbons (Fsp3) is 0.700. The lowest BCUT2D eigenvalue weighted by molar-refractivity contribution is 0.0176. The van der Waals surface area contributed by atoms with Crippen LogP contribution in [0, 0.1) is 5.92 Å². The van der Waals surface area contributed by atoms with Crippen LogP contribution in [0.1, 0.15) is 54.9 Å². The van der Waals surface area contributed by atoms with Crippen molar-refractivity contribution in [3.63, 3.8) is 0 Å². The number of amides is 1. The molecule has 1 aliphatic rings. The molecule has 154 valence electrons. The summed E-state index contributed by atoms with van der Waals surface area (Å²) in [5.41, 5.74) is 0.139. The molecule has 1 fully saturated rings. The van der Waals surface area contributed by atoms with Crippen molar-refractivity contribution in [2.24, 2.45) is 5.92 Å². The molecule has 1 amide bonds. The summed E-state index contributed by atoms with van der Waals surface area (Å²) in [6, 6.07) is 0.0809. The molecule has 1 N–H and O–H groups in total. The molecule has 2 aromatic rings. The van der Waals surface area contributed by atoms with Gasteiger partial charge in [-0.25, -0.2) is 19.4 Å². The number of hydrogen-bond donors (Lipinski definition) is 1. The Hall–Kier alpha value is -2.38. The minimum Gasteiger partial charge on any atom is -0.444 e. The van der Waals surface area contributed by atoms with Crippen LogP contribution in [0.15, 0.2) is 12.5 Å². The first-order chi connectivity index (χ1) is 13.0. The summed E-state index contributed by atoms with van der Waals surface area (Å²) >= 11 is 0. The van der Waals surface area contributed by atoms with Gasteiger partial charge < -0.3 is 15.0 Å². The molecule has 2 aromatic heterocycles. The van der Waals surface area contributed by atoms with Crippen LogP contribution in [0.25, 0.3) is 11.0 Å². The van der Waals surface area contributed by atoms with Gasteiger partial charge in [0.15, 0.2) is 5.65 Å². The van der Waals surface area contributed by atoms with Crippen LogP contribution >= 0.6 is 0 Å². The Morgan fingerprint density at radius 3 is 2.57 bits per heavy atom. The Morgan fingerprint density at radius 2 is 1.93 bits per heavy atom. The highest BCUT2D eigenvalue weighted by Gasteiger charge is 2.32. The second kappa shape index (κ2) is 7.22. The number of piperidine rings is 1. The van der Waals surface area contributed by atoms with E-state index >= 15 is 0 Å². The number of nitrogens with zero attached hydrogens (tertiary/aromatic N) is 5. The van der Waals surface area contributed by atoms with Gasteiger partial charge in [0.05, 0.1) is 17.1 Å². The normalized spacial score (nSPS) is 21.0. The van der Waals surface area contributed by atoms with Crippen LogP contribution < -0.4 is 5.32 Å². The largest absolute Gasteiger partial charge is 0.444 e. The zero-order chi connectivity index (χ0) is 20.7. The Labute approximate surface area is 166 Å². The molecule has 0 radical (unpaired) electrons. The van der Waals surface area contributed by atoms with E-state index in [9.17, 15) is 4.79 Å². The van der Waals surface area contributed by atoms with Gasteiger partial charge in [-0.15, -0.1) is 0 Å². The Morgan fingerprint density at radius 1 is 1.21 bits per heavy atom. The predicted molar refractivity (Wildman–Crippen MR) is 109 cm³/mol. The van der Waals surface area contributed by atoms with Gasteiger partial charge in [-0.3, -0.25) is 0 Å². The molecule has 2 unspecified atom stereocenters. The van der Waals surface area contributed by atoms with Gasteiger partial charge in [0, 0.05) is 19.1 Å². The average Bonchev–Trinajstić information content (AvgIpc) is 3.00. The van der Waals surface area contributed by atoms with Crippen molar-refractivity contribution in [1.29, 1.82) is 0 Å². The number of fused-ring (bicyclic) bond motifs is 1. The standard InChI is InChI=1S/C20H32N6O2/c1-13-8-9-25(18(27)28-20(5,6)7)11-15(13)24-16-14-10-23-26(19(2,3)4)17(14)22-12-21-16/h10,12-13,15H,8-9,11H2,1-7H3,(H,21,22,24). The monoisotopic (exact) mass is 388 g/mol. The SMILES string of the molecule is CC1CCN(C(=O)OC(C)(C)C)CC1Nc1ncnc2c1cnn2C(C)(C)C. The fourth-order valence-electron chi connectivity index (χ4n) is 3.38. The van der Waals surface area contributed by atoms with E-state index in [1.165, 1.54) is 0 Å². The molecule has 2 atom stereocenters. The fourth-order valence-corrected chi connectivity index (χ4v) is 3.38. The van der Waals surface area contributed by atoms with Crippen molar-refractivity contribution < 1.29 is 9.53 Å². The summed E-state index contributed by atoms with van der Waals surface area (Å²) in [5.74, 6) is 1.16. The quantitative estimate of drug-likeness (QED) is 0.845. The molecule has 8 nitrogen and oxygen atoms in total. The van der Waals surface area contributed by atoms with Gasteiger partial charge in [0.25, 0.3) is 0 Å². The second-order valence-corrected chi connectivity index (χ2v) is 9.63. The lowest BCUT2D eigenvalue weighted by atomic mass is 9.93. The Balaban J connectivity index is 1.80. The van der Waals surface area contributed by atoms with Gasteiger partial charge in [-0.1, -0.05) is 6.92 Å². The lowest BCUT2D eigenvalue weighted by Crippen LogP contribution is -2.50. The number of rotatable bonds is 2. The van der Waals surface area contributed by atoms with E-state index in [2.05, 4.69) is 48.1 Å². The number of aromatic nitrogens is 4. The summed E-state index contributed by atoms with van der Waals surface area (Å²) < 4.78 is 7.45. The minimum atomic E-state index is -0.497. The van der Waals surface area contributed by atoms with Gasteiger partial charge in [0.2, 0.25) is 0 Å². The molecule has 8 heteroatoms. The number of likely N-dealkylation sites (tertiary alicyclic amines) is 1. The van der Waals surface area contributed by atoms with Crippen molar-refractivity contribution in [3.8, 4) is 0 Å². The van der Waals surface area contributed by atoms with Gasteiger partial charge in [-0.05, 0) is 53.9 Å². The topological polar surface area (TPSA) is 85.2 Å². The molecular formula is C20H32N6O2. The molecule has 0 spiro atoms. The molecule has 1 aliphatic heterocycles. The predicted octanol–water partition coefficient (Wildman–Crippen LogP) is 3.64. The molecular weight excluding hydrogens is 356 g/mol. The first-order valence-corrected chi connectivity index (χ1v) is 9.89. The molecule has 0 aliphatic carbocycles. The molecule has 0 aromatic carbocycles. The van der Waals surface area contributed by atoms with Crippen LogP contribution in [0.5, 0.6) is 0 Å². The Bertz CT molecular complexity index is 848.